The van der Waals surface area contributed by atoms with E-state index in [2.05, 4.69) is 0 Å². The molecule has 0 aromatic heterocycles. The molecule has 2 aromatic carbocycles. The Balaban J connectivity index is 2.52. The maximum absolute atomic E-state index is 11.2. The molecule has 22 heavy (non-hydrogen) atoms. The van der Waals surface area contributed by atoms with Crippen LogP contribution in [0.2, 0.25) is 0 Å². The number of hydrogen-bond acceptors (Lipinski definition) is 4. The maximum atomic E-state index is 11.2. The van der Waals surface area contributed by atoms with Crippen LogP contribution >= 0.6 is 0 Å². The number of hydrogen-bond donors (Lipinski definition) is 0. The first-order valence-corrected chi connectivity index (χ1v) is 8.31. The van der Waals surface area contributed by atoms with E-state index < -0.39 is 58.6 Å². The lowest BCUT2D eigenvalue weighted by molar-refractivity contribution is 0.165. The van der Waals surface area contributed by atoms with Crippen LogP contribution in [0.1, 0.15) is 33.2 Å². The first-order valence-electron chi connectivity index (χ1n) is 9.99. The van der Waals surface area contributed by atoms with E-state index in [-0.39, 0.29) is 13.0 Å². The lowest BCUT2D eigenvalue weighted by Crippen LogP contribution is -2.13. The molecular formula is C17H20O4S. The highest BCUT2D eigenvalue weighted by atomic mass is 32.2. The van der Waals surface area contributed by atoms with Gasteiger partial charge in [-0.1, -0.05) is 48.5 Å². The standard InChI is InChI=1S/C17H20O4S/c1-14-8-6-7-11-16(14)21-17(12-13-20-22(2,18)19)15-9-4-3-5-10-15/h3-11,17H,12-13H2,1-2H3/t17-/m1/s1/i1D3,6D,7D,8D,11D. The van der Waals surface area contributed by atoms with Crippen molar-refractivity contribution in [2.45, 2.75) is 19.4 Å². The summed E-state index contributed by atoms with van der Waals surface area (Å²) in [5.74, 6) is -0.496. The summed E-state index contributed by atoms with van der Waals surface area (Å²) in [5, 5.41) is 0. The van der Waals surface area contributed by atoms with E-state index in [0.717, 1.165) is 6.26 Å². The summed E-state index contributed by atoms with van der Waals surface area (Å²) >= 11 is 0. The van der Waals surface area contributed by atoms with Gasteiger partial charge in [0.15, 0.2) is 0 Å². The third-order valence-electron chi connectivity index (χ3n) is 2.76. The lowest BCUT2D eigenvalue weighted by atomic mass is 10.1. The molecular weight excluding hydrogens is 300 g/mol. The molecule has 0 fully saturated rings. The van der Waals surface area contributed by atoms with Gasteiger partial charge in [0.2, 0.25) is 0 Å². The third kappa shape index (κ3) is 5.16. The largest absolute Gasteiger partial charge is 0.485 e. The zero-order valence-electron chi connectivity index (χ0n) is 18.9. The Hall–Kier alpha value is -1.85. The summed E-state index contributed by atoms with van der Waals surface area (Å²) in [5.41, 5.74) is -0.0676. The van der Waals surface area contributed by atoms with Crippen molar-refractivity contribution in [2.75, 3.05) is 12.9 Å². The fourth-order valence-corrected chi connectivity index (χ4v) is 2.20. The van der Waals surface area contributed by atoms with Crippen LogP contribution in [-0.2, 0) is 14.3 Å². The van der Waals surface area contributed by atoms with Gasteiger partial charge in [-0.25, -0.2) is 0 Å². The molecule has 0 aliphatic heterocycles. The van der Waals surface area contributed by atoms with Crippen LogP contribution in [0.25, 0.3) is 0 Å². The fraction of sp³-hybridized carbons (Fsp3) is 0.294. The predicted octanol–water partition coefficient (Wildman–Crippen LogP) is 3.48. The molecule has 5 heteroatoms. The second kappa shape index (κ2) is 7.42. The van der Waals surface area contributed by atoms with Crippen molar-refractivity contribution >= 4 is 10.1 Å². The Morgan fingerprint density at radius 2 is 1.95 bits per heavy atom. The van der Waals surface area contributed by atoms with Crippen molar-refractivity contribution < 1.29 is 26.9 Å². The first kappa shape index (κ1) is 9.33. The van der Waals surface area contributed by atoms with Gasteiger partial charge in [0.1, 0.15) is 11.9 Å². The molecule has 0 saturated carbocycles. The minimum atomic E-state index is -3.70. The summed E-state index contributed by atoms with van der Waals surface area (Å²) in [6.07, 6.45) is -0.00931. The van der Waals surface area contributed by atoms with Crippen LogP contribution in [-0.4, -0.2) is 21.3 Å². The first-order chi connectivity index (χ1) is 13.3. The Bertz CT molecular complexity index is 976. The SMILES string of the molecule is [2H]c1c([2H])c([2H])c(C([2H])([2H])[2H])c(O[C@H](CCOS(C)(=O)=O)c2ccccc2)c1[2H]. The number of para-hydroxylation sites is 1. The van der Waals surface area contributed by atoms with Gasteiger partial charge in [-0.2, -0.15) is 8.42 Å². The van der Waals surface area contributed by atoms with E-state index >= 15 is 0 Å². The average Bonchev–Trinajstić information content (AvgIpc) is 2.62. The van der Waals surface area contributed by atoms with E-state index in [9.17, 15) is 8.42 Å². The average molecular weight is 327 g/mol. The van der Waals surface area contributed by atoms with Gasteiger partial charge in [-0.15, -0.1) is 0 Å². The molecule has 0 radical (unpaired) electrons. The summed E-state index contributed by atoms with van der Waals surface area (Å²) in [6, 6.07) is 5.86. The highest BCUT2D eigenvalue weighted by Gasteiger charge is 2.15. The summed E-state index contributed by atoms with van der Waals surface area (Å²) in [4.78, 5) is 0. The van der Waals surface area contributed by atoms with Crippen LogP contribution in [0.4, 0.5) is 0 Å². The molecule has 0 amide bonds. The molecule has 118 valence electrons. The normalized spacial score (nSPS) is 18.0. The van der Waals surface area contributed by atoms with Gasteiger partial charge in [-0.05, 0) is 24.0 Å². The Morgan fingerprint density at radius 1 is 1.23 bits per heavy atom. The van der Waals surface area contributed by atoms with E-state index in [0.29, 0.717) is 5.56 Å². The molecule has 0 aliphatic carbocycles. The Morgan fingerprint density at radius 3 is 2.64 bits per heavy atom. The number of ether oxygens (including phenoxy) is 1. The van der Waals surface area contributed by atoms with Gasteiger partial charge in [0.05, 0.1) is 18.3 Å². The molecule has 2 aromatic rings. The minimum absolute atomic E-state index is 0.000254. The molecule has 0 saturated heterocycles. The van der Waals surface area contributed by atoms with Crippen LogP contribution in [0.3, 0.4) is 0 Å². The van der Waals surface area contributed by atoms with Crippen molar-refractivity contribution in [3.63, 3.8) is 0 Å². The van der Waals surface area contributed by atoms with Crippen LogP contribution < -0.4 is 4.74 Å². The smallest absolute Gasteiger partial charge is 0.264 e. The van der Waals surface area contributed by atoms with E-state index in [4.69, 9.17) is 18.5 Å². The molecule has 0 spiro atoms. The molecule has 0 N–H and O–H groups in total. The van der Waals surface area contributed by atoms with Gasteiger partial charge in [0.25, 0.3) is 10.1 Å². The lowest BCUT2D eigenvalue weighted by Gasteiger charge is -2.20. The van der Waals surface area contributed by atoms with Crippen molar-refractivity contribution in [3.05, 3.63) is 65.6 Å². The molecule has 0 unspecified atom stereocenters. The number of rotatable bonds is 7. The van der Waals surface area contributed by atoms with E-state index in [1.54, 1.807) is 30.3 Å². The summed E-state index contributed by atoms with van der Waals surface area (Å²) in [6.45, 7) is -3.11. The van der Waals surface area contributed by atoms with Gasteiger partial charge in [-0.3, -0.25) is 4.18 Å². The van der Waals surface area contributed by atoms with E-state index in [1.165, 1.54) is 0 Å². The second-order valence-corrected chi connectivity index (χ2v) is 6.18. The van der Waals surface area contributed by atoms with Crippen LogP contribution in [0.15, 0.2) is 54.5 Å². The Kier molecular flexibility index (Phi) is 3.15. The van der Waals surface area contributed by atoms with Crippen LogP contribution in [0.5, 0.6) is 5.75 Å². The second-order valence-electron chi connectivity index (χ2n) is 4.54. The van der Waals surface area contributed by atoms with Crippen LogP contribution in [0, 0.1) is 6.85 Å². The molecule has 0 heterocycles. The number of benzene rings is 2. The predicted molar refractivity (Wildman–Crippen MR) is 86.4 cm³/mol. The monoisotopic (exact) mass is 327 g/mol. The Labute approximate surface area is 141 Å². The molecule has 4 nitrogen and oxygen atoms in total. The molecule has 1 atom stereocenters. The van der Waals surface area contributed by atoms with Crippen molar-refractivity contribution in [1.29, 1.82) is 0 Å². The summed E-state index contributed by atoms with van der Waals surface area (Å²) in [7, 11) is -3.70. The third-order valence-corrected chi connectivity index (χ3v) is 3.36. The zero-order valence-corrected chi connectivity index (χ0v) is 12.7. The van der Waals surface area contributed by atoms with Gasteiger partial charge in [0, 0.05) is 10.5 Å². The van der Waals surface area contributed by atoms with Gasteiger partial charge < -0.3 is 4.74 Å². The molecule has 0 bridgehead atoms. The highest BCUT2D eigenvalue weighted by molar-refractivity contribution is 7.85. The quantitative estimate of drug-likeness (QED) is 0.731. The van der Waals surface area contributed by atoms with Crippen molar-refractivity contribution in [3.8, 4) is 5.75 Å². The highest BCUT2D eigenvalue weighted by Crippen LogP contribution is 2.27. The molecule has 0 aliphatic rings. The minimum Gasteiger partial charge on any atom is -0.485 e. The summed E-state index contributed by atoms with van der Waals surface area (Å²) < 4.78 is 87.7. The molecule has 2 rings (SSSR count). The zero-order chi connectivity index (χ0) is 22.0. The van der Waals surface area contributed by atoms with Gasteiger partial charge >= 0.3 is 0 Å². The van der Waals surface area contributed by atoms with Crippen molar-refractivity contribution in [2.24, 2.45) is 0 Å². The topological polar surface area (TPSA) is 52.6 Å². The fourth-order valence-electron chi connectivity index (χ4n) is 1.80. The van der Waals surface area contributed by atoms with E-state index in [1.807, 2.05) is 0 Å². The van der Waals surface area contributed by atoms with Crippen molar-refractivity contribution in [1.82, 2.24) is 0 Å². The maximum Gasteiger partial charge on any atom is 0.264 e.